The van der Waals surface area contributed by atoms with Gasteiger partial charge in [-0.1, -0.05) is 26.2 Å². The van der Waals surface area contributed by atoms with Crippen molar-refractivity contribution in [3.05, 3.63) is 0 Å². The summed E-state index contributed by atoms with van der Waals surface area (Å²) in [5.74, 6) is 1.96. The minimum atomic E-state index is 0.732. The molecule has 0 aromatic rings. The third kappa shape index (κ3) is 3.74. The van der Waals surface area contributed by atoms with Crippen LogP contribution in [0, 0.1) is 11.8 Å². The van der Waals surface area contributed by atoms with Crippen molar-refractivity contribution in [2.45, 2.75) is 57.9 Å². The van der Waals surface area contributed by atoms with E-state index < -0.39 is 0 Å². The van der Waals surface area contributed by atoms with Crippen LogP contribution in [0.25, 0.3) is 0 Å². The second kappa shape index (κ2) is 6.61. The molecule has 0 radical (unpaired) electrons. The molecule has 2 atom stereocenters. The Hall–Kier alpha value is -0.0800. The average Bonchev–Trinajstić information content (AvgIpc) is 2.38. The molecule has 0 aromatic heterocycles. The van der Waals surface area contributed by atoms with Gasteiger partial charge >= 0.3 is 0 Å². The monoisotopic (exact) mass is 225 g/mol. The van der Waals surface area contributed by atoms with E-state index in [9.17, 15) is 0 Å². The van der Waals surface area contributed by atoms with Gasteiger partial charge in [-0.2, -0.15) is 0 Å². The zero-order chi connectivity index (χ0) is 11.2. The first-order valence-corrected chi connectivity index (χ1v) is 7.19. The molecular formula is C14H27NO. The lowest BCUT2D eigenvalue weighted by molar-refractivity contribution is 0.0757. The molecule has 0 amide bonds. The van der Waals surface area contributed by atoms with Crippen LogP contribution >= 0.6 is 0 Å². The van der Waals surface area contributed by atoms with Gasteiger partial charge in [0.25, 0.3) is 0 Å². The Kier molecular flexibility index (Phi) is 5.11. The van der Waals surface area contributed by atoms with Crippen LogP contribution in [0.1, 0.15) is 51.9 Å². The molecule has 0 aromatic carbocycles. The van der Waals surface area contributed by atoms with Crippen molar-refractivity contribution in [1.82, 2.24) is 5.32 Å². The van der Waals surface area contributed by atoms with Gasteiger partial charge in [0.2, 0.25) is 0 Å². The van der Waals surface area contributed by atoms with Crippen molar-refractivity contribution in [3.63, 3.8) is 0 Å². The summed E-state index contributed by atoms with van der Waals surface area (Å²) in [6.45, 7) is 5.51. The summed E-state index contributed by atoms with van der Waals surface area (Å²) in [6.07, 6.45) is 9.66. The Morgan fingerprint density at radius 3 is 2.56 bits per heavy atom. The van der Waals surface area contributed by atoms with Crippen LogP contribution in [0.4, 0.5) is 0 Å². The van der Waals surface area contributed by atoms with E-state index >= 15 is 0 Å². The van der Waals surface area contributed by atoms with Gasteiger partial charge in [0, 0.05) is 19.3 Å². The summed E-state index contributed by atoms with van der Waals surface area (Å²) in [5.41, 5.74) is 0. The van der Waals surface area contributed by atoms with E-state index in [0.29, 0.717) is 0 Å². The van der Waals surface area contributed by atoms with Crippen LogP contribution in [-0.4, -0.2) is 25.8 Å². The zero-order valence-corrected chi connectivity index (χ0v) is 10.7. The minimum Gasteiger partial charge on any atom is -0.381 e. The second-order valence-electron chi connectivity index (χ2n) is 5.60. The van der Waals surface area contributed by atoms with E-state index in [4.69, 9.17) is 4.74 Å². The third-order valence-corrected chi connectivity index (χ3v) is 4.39. The Balaban J connectivity index is 1.64. The number of hydrogen-bond donors (Lipinski definition) is 1. The fourth-order valence-electron chi connectivity index (χ4n) is 3.19. The smallest absolute Gasteiger partial charge is 0.0480 e. The molecule has 1 aliphatic carbocycles. The van der Waals surface area contributed by atoms with Crippen LogP contribution in [0.5, 0.6) is 0 Å². The van der Waals surface area contributed by atoms with Gasteiger partial charge in [-0.25, -0.2) is 0 Å². The molecule has 1 N–H and O–H groups in total. The lowest BCUT2D eigenvalue weighted by atomic mass is 9.80. The number of rotatable bonds is 4. The SMILES string of the molecule is CC[C@@H]1CCC[C@H](CNC2CCOCC2)C1. The molecule has 1 saturated heterocycles. The predicted octanol–water partition coefficient (Wildman–Crippen LogP) is 2.97. The first-order chi connectivity index (χ1) is 7.88. The second-order valence-corrected chi connectivity index (χ2v) is 5.60. The van der Waals surface area contributed by atoms with Crippen LogP contribution in [-0.2, 0) is 4.74 Å². The van der Waals surface area contributed by atoms with Gasteiger partial charge in [0.05, 0.1) is 0 Å². The maximum atomic E-state index is 5.39. The van der Waals surface area contributed by atoms with Gasteiger partial charge in [-0.3, -0.25) is 0 Å². The molecule has 2 nitrogen and oxygen atoms in total. The molecule has 0 spiro atoms. The fourth-order valence-corrected chi connectivity index (χ4v) is 3.19. The Morgan fingerprint density at radius 2 is 1.81 bits per heavy atom. The Bertz CT molecular complexity index is 189. The summed E-state index contributed by atoms with van der Waals surface area (Å²) >= 11 is 0. The quantitative estimate of drug-likeness (QED) is 0.794. The molecule has 1 heterocycles. The number of ether oxygens (including phenoxy) is 1. The minimum absolute atomic E-state index is 0.732. The van der Waals surface area contributed by atoms with Crippen LogP contribution in [0.15, 0.2) is 0 Å². The van der Waals surface area contributed by atoms with Crippen LogP contribution in [0.2, 0.25) is 0 Å². The van der Waals surface area contributed by atoms with Gasteiger partial charge in [0.1, 0.15) is 0 Å². The summed E-state index contributed by atoms with van der Waals surface area (Å²) in [7, 11) is 0. The van der Waals surface area contributed by atoms with E-state index in [1.807, 2.05) is 0 Å². The highest BCUT2D eigenvalue weighted by molar-refractivity contribution is 4.77. The Morgan fingerprint density at radius 1 is 1.06 bits per heavy atom. The molecule has 1 aliphatic heterocycles. The highest BCUT2D eigenvalue weighted by Gasteiger charge is 2.22. The molecule has 1 saturated carbocycles. The topological polar surface area (TPSA) is 21.3 Å². The van der Waals surface area contributed by atoms with Crippen LogP contribution < -0.4 is 5.32 Å². The molecule has 2 fully saturated rings. The average molecular weight is 225 g/mol. The van der Waals surface area contributed by atoms with E-state index in [0.717, 1.165) is 31.1 Å². The van der Waals surface area contributed by atoms with Crippen molar-refractivity contribution in [2.75, 3.05) is 19.8 Å². The normalized spacial score (nSPS) is 32.8. The number of hydrogen-bond acceptors (Lipinski definition) is 2. The van der Waals surface area contributed by atoms with Crippen LogP contribution in [0.3, 0.4) is 0 Å². The van der Waals surface area contributed by atoms with Gasteiger partial charge < -0.3 is 10.1 Å². The van der Waals surface area contributed by atoms with Crippen molar-refractivity contribution >= 4 is 0 Å². The van der Waals surface area contributed by atoms with E-state index in [2.05, 4.69) is 12.2 Å². The molecule has 2 aliphatic rings. The highest BCUT2D eigenvalue weighted by Crippen LogP contribution is 2.30. The number of nitrogens with one attached hydrogen (secondary N) is 1. The Labute approximate surface area is 100 Å². The molecule has 0 bridgehead atoms. The molecule has 2 rings (SSSR count). The molecule has 94 valence electrons. The first-order valence-electron chi connectivity index (χ1n) is 7.19. The van der Waals surface area contributed by atoms with E-state index in [1.165, 1.54) is 51.5 Å². The molecular weight excluding hydrogens is 198 g/mol. The summed E-state index contributed by atoms with van der Waals surface area (Å²) in [5, 5.41) is 3.76. The molecule has 0 unspecified atom stereocenters. The summed E-state index contributed by atoms with van der Waals surface area (Å²) < 4.78 is 5.39. The lowest BCUT2D eigenvalue weighted by Gasteiger charge is -2.31. The van der Waals surface area contributed by atoms with Gasteiger partial charge in [-0.15, -0.1) is 0 Å². The third-order valence-electron chi connectivity index (χ3n) is 4.39. The predicted molar refractivity (Wildman–Crippen MR) is 67.6 cm³/mol. The zero-order valence-electron chi connectivity index (χ0n) is 10.7. The lowest BCUT2D eigenvalue weighted by Crippen LogP contribution is -2.38. The fraction of sp³-hybridized carbons (Fsp3) is 1.00. The largest absolute Gasteiger partial charge is 0.381 e. The van der Waals surface area contributed by atoms with Crippen molar-refractivity contribution in [1.29, 1.82) is 0 Å². The van der Waals surface area contributed by atoms with Gasteiger partial charge in [-0.05, 0) is 44.1 Å². The summed E-state index contributed by atoms with van der Waals surface area (Å²) in [4.78, 5) is 0. The maximum Gasteiger partial charge on any atom is 0.0480 e. The summed E-state index contributed by atoms with van der Waals surface area (Å²) in [6, 6.07) is 0.732. The van der Waals surface area contributed by atoms with E-state index in [-0.39, 0.29) is 0 Å². The maximum absolute atomic E-state index is 5.39. The van der Waals surface area contributed by atoms with Crippen molar-refractivity contribution in [2.24, 2.45) is 11.8 Å². The van der Waals surface area contributed by atoms with Crippen molar-refractivity contribution in [3.8, 4) is 0 Å². The first kappa shape index (κ1) is 12.4. The molecule has 16 heavy (non-hydrogen) atoms. The standard InChI is InChI=1S/C14H27NO/c1-2-12-4-3-5-13(10-12)11-15-14-6-8-16-9-7-14/h12-15H,2-11H2,1H3/t12-,13+/m1/s1. The highest BCUT2D eigenvalue weighted by atomic mass is 16.5. The van der Waals surface area contributed by atoms with Gasteiger partial charge in [0.15, 0.2) is 0 Å². The molecule has 2 heteroatoms. The van der Waals surface area contributed by atoms with E-state index in [1.54, 1.807) is 0 Å². The van der Waals surface area contributed by atoms with Crippen molar-refractivity contribution < 1.29 is 4.74 Å².